The van der Waals surface area contributed by atoms with E-state index in [2.05, 4.69) is 9.97 Å². The highest BCUT2D eigenvalue weighted by molar-refractivity contribution is 6.36. The van der Waals surface area contributed by atoms with E-state index in [1.807, 2.05) is 11.0 Å². The zero-order valence-electron chi connectivity index (χ0n) is 19.6. The first-order chi connectivity index (χ1) is 18.0. The summed E-state index contributed by atoms with van der Waals surface area (Å²) in [6.07, 6.45) is -2.85. The molecule has 0 bridgehead atoms. The SMILES string of the molecule is N#Cc1cc(-c2cc(F)cc(C(=O)N3CCN4CC(c5c[nH]c(C(F)(F)F)cc5=O)OC[C@@H]4C3)c2Cl)c[nH]1. The number of morpholine rings is 1. The summed E-state index contributed by atoms with van der Waals surface area (Å²) in [4.78, 5) is 34.1. The molecule has 2 saturated heterocycles. The van der Waals surface area contributed by atoms with Crippen molar-refractivity contribution in [3.8, 4) is 17.2 Å². The average Bonchev–Trinajstić information content (AvgIpc) is 3.37. The van der Waals surface area contributed by atoms with Gasteiger partial charge < -0.3 is 19.6 Å². The van der Waals surface area contributed by atoms with Crippen molar-refractivity contribution in [1.82, 2.24) is 19.8 Å². The van der Waals surface area contributed by atoms with Gasteiger partial charge in [0.1, 0.15) is 29.4 Å². The lowest BCUT2D eigenvalue weighted by Gasteiger charge is -2.46. The summed E-state index contributed by atoms with van der Waals surface area (Å²) < 4.78 is 58.9. The molecule has 2 fully saturated rings. The van der Waals surface area contributed by atoms with Gasteiger partial charge in [-0.05, 0) is 18.2 Å². The lowest BCUT2D eigenvalue weighted by atomic mass is 10.0. The Morgan fingerprint density at radius 1 is 1.13 bits per heavy atom. The van der Waals surface area contributed by atoms with Crippen molar-refractivity contribution >= 4 is 17.5 Å². The van der Waals surface area contributed by atoms with Crippen LogP contribution in [0.15, 0.2) is 41.5 Å². The maximum Gasteiger partial charge on any atom is 0.431 e. The molecule has 0 spiro atoms. The zero-order valence-corrected chi connectivity index (χ0v) is 20.4. The van der Waals surface area contributed by atoms with E-state index in [-0.39, 0.29) is 59.7 Å². The summed E-state index contributed by atoms with van der Waals surface area (Å²) in [6.45, 7) is 1.35. The fraction of sp³-hybridized carbons (Fsp3) is 0.320. The van der Waals surface area contributed by atoms with Gasteiger partial charge in [-0.2, -0.15) is 18.4 Å². The van der Waals surface area contributed by atoms with Gasteiger partial charge in [0.25, 0.3) is 5.91 Å². The molecule has 2 aliphatic rings. The van der Waals surface area contributed by atoms with E-state index in [4.69, 9.17) is 21.6 Å². The molecule has 1 amide bonds. The van der Waals surface area contributed by atoms with Crippen LogP contribution in [0.2, 0.25) is 5.02 Å². The second-order valence-electron chi connectivity index (χ2n) is 9.11. The monoisotopic (exact) mass is 549 g/mol. The third-order valence-electron chi connectivity index (χ3n) is 6.76. The molecule has 2 N–H and O–H groups in total. The summed E-state index contributed by atoms with van der Waals surface area (Å²) in [5, 5.41) is 9.10. The minimum Gasteiger partial charge on any atom is -0.370 e. The number of benzene rings is 1. The summed E-state index contributed by atoms with van der Waals surface area (Å²) in [7, 11) is 0. The Balaban J connectivity index is 1.30. The van der Waals surface area contributed by atoms with Crippen LogP contribution in [0, 0.1) is 17.1 Å². The molecule has 0 saturated carbocycles. The van der Waals surface area contributed by atoms with Gasteiger partial charge in [-0.3, -0.25) is 14.5 Å². The molecule has 0 aliphatic carbocycles. The van der Waals surface area contributed by atoms with Crippen molar-refractivity contribution in [2.75, 3.05) is 32.8 Å². The van der Waals surface area contributed by atoms with Gasteiger partial charge >= 0.3 is 6.18 Å². The highest BCUT2D eigenvalue weighted by Gasteiger charge is 2.38. The number of nitrogens with zero attached hydrogens (tertiary/aromatic N) is 3. The highest BCUT2D eigenvalue weighted by atomic mass is 35.5. The molecule has 2 atom stereocenters. The summed E-state index contributed by atoms with van der Waals surface area (Å²) in [5.74, 6) is -1.12. The molecule has 8 nitrogen and oxygen atoms in total. The molecule has 198 valence electrons. The predicted octanol–water partition coefficient (Wildman–Crippen LogP) is 3.95. The van der Waals surface area contributed by atoms with Crippen molar-refractivity contribution in [2.24, 2.45) is 0 Å². The molecule has 0 radical (unpaired) electrons. The number of hydrogen-bond acceptors (Lipinski definition) is 5. The zero-order chi connectivity index (χ0) is 27.2. The lowest BCUT2D eigenvalue weighted by molar-refractivity contribution is -0.141. The van der Waals surface area contributed by atoms with Crippen molar-refractivity contribution in [2.45, 2.75) is 18.3 Å². The van der Waals surface area contributed by atoms with Crippen LogP contribution in [0.25, 0.3) is 11.1 Å². The number of piperazine rings is 1. The number of hydrogen-bond donors (Lipinski definition) is 2. The lowest BCUT2D eigenvalue weighted by Crippen LogP contribution is -2.59. The Hall–Kier alpha value is -3.66. The summed E-state index contributed by atoms with van der Waals surface area (Å²) >= 11 is 6.51. The van der Waals surface area contributed by atoms with Crippen LogP contribution >= 0.6 is 11.6 Å². The quantitative estimate of drug-likeness (QED) is 0.481. The topological polar surface area (TPSA) is 105 Å². The summed E-state index contributed by atoms with van der Waals surface area (Å²) in [5.41, 5.74) is -0.813. The highest BCUT2D eigenvalue weighted by Crippen LogP contribution is 2.34. The van der Waals surface area contributed by atoms with Gasteiger partial charge in [0.05, 0.1) is 23.2 Å². The van der Waals surface area contributed by atoms with Crippen LogP contribution < -0.4 is 5.43 Å². The number of aromatic nitrogens is 2. The van der Waals surface area contributed by atoms with Crippen LogP contribution in [0.5, 0.6) is 0 Å². The molecule has 13 heteroatoms. The van der Waals surface area contributed by atoms with Crippen molar-refractivity contribution < 1.29 is 27.1 Å². The van der Waals surface area contributed by atoms with Crippen LogP contribution in [0.1, 0.15) is 33.4 Å². The third kappa shape index (κ3) is 4.92. The number of ether oxygens (including phenoxy) is 1. The Morgan fingerprint density at radius 3 is 2.61 bits per heavy atom. The number of amides is 1. The fourth-order valence-electron chi connectivity index (χ4n) is 4.79. The van der Waals surface area contributed by atoms with Gasteiger partial charge in [-0.25, -0.2) is 4.39 Å². The predicted molar refractivity (Wildman–Crippen MR) is 128 cm³/mol. The molecule has 4 heterocycles. The van der Waals surface area contributed by atoms with E-state index in [0.717, 1.165) is 12.3 Å². The van der Waals surface area contributed by atoms with Crippen LogP contribution in [0.4, 0.5) is 17.6 Å². The molecular formula is C25H20ClF4N5O3. The van der Waals surface area contributed by atoms with Crippen LogP contribution in [-0.4, -0.2) is 64.5 Å². The Morgan fingerprint density at radius 2 is 1.92 bits per heavy atom. The van der Waals surface area contributed by atoms with Gasteiger partial charge in [0.15, 0.2) is 5.43 Å². The van der Waals surface area contributed by atoms with Gasteiger partial charge in [-0.1, -0.05) is 11.6 Å². The first-order valence-electron chi connectivity index (χ1n) is 11.6. The number of alkyl halides is 3. The Kier molecular flexibility index (Phi) is 6.77. The average molecular weight is 550 g/mol. The molecular weight excluding hydrogens is 530 g/mol. The molecule has 1 aromatic carbocycles. The van der Waals surface area contributed by atoms with Gasteiger partial charge in [0, 0.05) is 61.3 Å². The normalized spacial score (nSPS) is 20.2. The first kappa shape index (κ1) is 26.0. The second kappa shape index (κ2) is 9.90. The van der Waals surface area contributed by atoms with E-state index < -0.39 is 35.1 Å². The largest absolute Gasteiger partial charge is 0.431 e. The second-order valence-corrected chi connectivity index (χ2v) is 9.49. The Labute approximate surface area is 218 Å². The number of carbonyl (C=O) groups excluding carboxylic acids is 1. The first-order valence-corrected chi connectivity index (χ1v) is 12.0. The number of halogens is 5. The number of aromatic amines is 2. The third-order valence-corrected chi connectivity index (χ3v) is 7.17. The van der Waals surface area contributed by atoms with Crippen molar-refractivity contribution in [3.05, 3.63) is 80.2 Å². The molecule has 5 rings (SSSR count). The maximum absolute atomic E-state index is 14.5. The summed E-state index contributed by atoms with van der Waals surface area (Å²) in [6, 6.07) is 6.01. The Bertz CT molecular complexity index is 1500. The number of fused-ring (bicyclic) bond motifs is 1. The molecule has 3 aromatic rings. The molecule has 1 unspecified atom stereocenters. The van der Waals surface area contributed by atoms with Crippen molar-refractivity contribution in [1.29, 1.82) is 5.26 Å². The standard InChI is InChI=1S/C25H20ClF4N5O3/c26-23-17(13-3-15(7-31)32-8-13)4-14(27)5-18(23)24(37)35-2-1-34-11-21(38-12-16(34)10-35)19-9-33-22(6-20(19)36)25(28,29)30/h3-6,8-9,16,21,32H,1-2,10-12H2,(H,33,36)/t16-,21?/m0/s1. The number of rotatable bonds is 3. The van der Waals surface area contributed by atoms with Gasteiger partial charge in [-0.15, -0.1) is 0 Å². The minimum atomic E-state index is -4.66. The molecule has 2 aromatic heterocycles. The van der Waals surface area contributed by atoms with E-state index in [9.17, 15) is 27.2 Å². The van der Waals surface area contributed by atoms with E-state index >= 15 is 0 Å². The van der Waals surface area contributed by atoms with E-state index in [1.165, 1.54) is 23.2 Å². The fourth-order valence-corrected chi connectivity index (χ4v) is 5.09. The van der Waals surface area contributed by atoms with E-state index in [0.29, 0.717) is 18.2 Å². The smallest absolute Gasteiger partial charge is 0.370 e. The number of pyridine rings is 1. The van der Waals surface area contributed by atoms with Gasteiger partial charge in [0.2, 0.25) is 0 Å². The minimum absolute atomic E-state index is 0.0132. The number of nitrogens with one attached hydrogen (secondary N) is 2. The number of nitriles is 1. The number of H-pyrrole nitrogens is 2. The van der Waals surface area contributed by atoms with E-state index in [1.54, 1.807) is 0 Å². The maximum atomic E-state index is 14.5. The van der Waals surface area contributed by atoms with Crippen molar-refractivity contribution in [3.63, 3.8) is 0 Å². The molecule has 2 aliphatic heterocycles. The van der Waals surface area contributed by atoms with Crippen LogP contribution in [0.3, 0.4) is 0 Å². The number of carbonyl (C=O) groups is 1. The van der Waals surface area contributed by atoms with Crippen LogP contribution in [-0.2, 0) is 10.9 Å². The molecule has 38 heavy (non-hydrogen) atoms.